The minimum absolute atomic E-state index is 0. The van der Waals surface area contributed by atoms with E-state index in [4.69, 9.17) is 0 Å². The molecule has 0 amide bonds. The smallest absolute Gasteiger partial charge is 0.693 e. The van der Waals surface area contributed by atoms with Gasteiger partial charge in [0.1, 0.15) is 0 Å². The molecule has 90 valence electrons. The maximum absolute atomic E-state index is 3.35. The molecule has 2 aromatic carbocycles. The molecule has 0 saturated carbocycles. The molecule has 18 heavy (non-hydrogen) atoms. The van der Waals surface area contributed by atoms with Crippen molar-refractivity contribution in [3.8, 4) is 0 Å². The van der Waals surface area contributed by atoms with Crippen LogP contribution in [0.2, 0.25) is 0 Å². The number of anilines is 2. The van der Waals surface area contributed by atoms with Crippen molar-refractivity contribution < 1.29 is 18.9 Å². The van der Waals surface area contributed by atoms with Crippen LogP contribution in [0.15, 0.2) is 60.7 Å². The summed E-state index contributed by atoms with van der Waals surface area (Å²) in [5.74, 6) is 0. The third kappa shape index (κ3) is 5.79. The predicted octanol–water partition coefficient (Wildman–Crippen LogP) is 0.932. The number of rotatable bonds is 5. The van der Waals surface area contributed by atoms with Gasteiger partial charge in [0.25, 0.3) is 0 Å². The number of para-hydroxylation sites is 2. The van der Waals surface area contributed by atoms with E-state index in [1.54, 1.807) is 0 Å². The molecule has 0 saturated heterocycles. The summed E-state index contributed by atoms with van der Waals surface area (Å²) < 4.78 is 0. The Bertz CT molecular complexity index is 364. The largest absolute Gasteiger partial charge is 1.00 e. The van der Waals surface area contributed by atoms with Crippen molar-refractivity contribution in [1.82, 2.24) is 0 Å². The van der Waals surface area contributed by atoms with Gasteiger partial charge in [0.2, 0.25) is 0 Å². The predicted molar refractivity (Wildman–Crippen MR) is 75.1 cm³/mol. The van der Waals surface area contributed by atoms with Crippen LogP contribution < -0.4 is 29.5 Å². The van der Waals surface area contributed by atoms with Crippen LogP contribution in [0, 0.1) is 0 Å². The molecule has 0 radical (unpaired) electrons. The first kappa shape index (κ1) is 16.6. The van der Waals surface area contributed by atoms with Crippen LogP contribution in [-0.4, -0.2) is 13.1 Å². The van der Waals surface area contributed by atoms with E-state index in [2.05, 4.69) is 34.9 Å². The van der Waals surface area contributed by atoms with Crippen LogP contribution in [0.4, 0.5) is 11.4 Å². The molecule has 2 aromatic rings. The molecule has 0 heterocycles. The maximum Gasteiger partial charge on any atom is 1.00 e. The Morgan fingerprint density at radius 2 is 0.944 bits per heavy atom. The molecule has 0 unspecified atom stereocenters. The quantitative estimate of drug-likeness (QED) is 0.598. The summed E-state index contributed by atoms with van der Waals surface area (Å²) in [6.07, 6.45) is 0. The van der Waals surface area contributed by atoms with Gasteiger partial charge in [-0.15, -0.1) is 0 Å². The topological polar surface area (TPSA) is 57.6 Å². The second kappa shape index (κ2) is 9.61. The van der Waals surface area contributed by atoms with Gasteiger partial charge in [-0.1, -0.05) is 36.4 Å². The Hall–Kier alpha value is -1.40. The fourth-order valence-electron chi connectivity index (χ4n) is 1.53. The van der Waals surface area contributed by atoms with E-state index in [9.17, 15) is 0 Å². The summed E-state index contributed by atoms with van der Waals surface area (Å²) in [5, 5.41) is 6.70. The van der Waals surface area contributed by atoms with Crippen molar-refractivity contribution in [3.63, 3.8) is 0 Å². The first-order chi connectivity index (χ1) is 7.95. The van der Waals surface area contributed by atoms with Crippen molar-refractivity contribution in [2.45, 2.75) is 0 Å². The molecule has 0 aromatic heterocycles. The third-order valence-corrected chi connectivity index (χ3v) is 2.33. The van der Waals surface area contributed by atoms with Crippen LogP contribution in [0.25, 0.3) is 6.15 Å². The second-order valence-corrected chi connectivity index (χ2v) is 3.59. The van der Waals surface area contributed by atoms with Gasteiger partial charge in [0, 0.05) is 24.5 Å². The Morgan fingerprint density at radius 3 is 1.28 bits per heavy atom. The van der Waals surface area contributed by atoms with Crippen LogP contribution in [0.5, 0.6) is 0 Å². The Kier molecular flexibility index (Phi) is 8.86. The molecule has 0 aliphatic carbocycles. The summed E-state index contributed by atoms with van der Waals surface area (Å²) in [5.41, 5.74) is 2.33. The molecule has 0 spiro atoms. The van der Waals surface area contributed by atoms with Crippen LogP contribution >= 0.6 is 0 Å². The summed E-state index contributed by atoms with van der Waals surface area (Å²) in [4.78, 5) is 0. The number of nitrogens with one attached hydrogen (secondary N) is 2. The van der Waals surface area contributed by atoms with Crippen LogP contribution in [0.3, 0.4) is 0 Å². The summed E-state index contributed by atoms with van der Waals surface area (Å²) >= 11 is 0. The van der Waals surface area contributed by atoms with Gasteiger partial charge >= 0.3 is 18.9 Å². The van der Waals surface area contributed by atoms with Gasteiger partial charge in [-0.05, 0) is 24.3 Å². The standard InChI is InChI=1S/C14H16N2.Li.H2N/c1-3-7-13(8-4-1)15-11-12-16-14-9-5-2-6-10-14;;/h1-10,15-16H,11-12H2;;1H2/q;+1;-1. The normalized spacial score (nSPS) is 8.67. The maximum atomic E-state index is 3.35. The Labute approximate surface area is 121 Å². The number of hydrogen-bond acceptors (Lipinski definition) is 2. The summed E-state index contributed by atoms with van der Waals surface area (Å²) in [7, 11) is 0. The number of hydrogen-bond donors (Lipinski definition) is 2. The van der Waals surface area contributed by atoms with Crippen LogP contribution in [0.1, 0.15) is 0 Å². The average Bonchev–Trinajstić information content (AvgIpc) is 2.37. The van der Waals surface area contributed by atoms with Gasteiger partial charge in [0.05, 0.1) is 0 Å². The monoisotopic (exact) mass is 235 g/mol. The molecule has 0 atom stereocenters. The van der Waals surface area contributed by atoms with Gasteiger partial charge in [-0.2, -0.15) is 0 Å². The number of benzene rings is 2. The molecule has 3 nitrogen and oxygen atoms in total. The molecular weight excluding hydrogens is 217 g/mol. The molecule has 2 rings (SSSR count). The van der Waals surface area contributed by atoms with Crippen molar-refractivity contribution in [2.75, 3.05) is 23.7 Å². The van der Waals surface area contributed by atoms with Crippen molar-refractivity contribution in [3.05, 3.63) is 66.8 Å². The minimum atomic E-state index is 0. The fourth-order valence-corrected chi connectivity index (χ4v) is 1.53. The van der Waals surface area contributed by atoms with Crippen molar-refractivity contribution in [1.29, 1.82) is 0 Å². The first-order valence-electron chi connectivity index (χ1n) is 5.53. The van der Waals surface area contributed by atoms with Gasteiger partial charge in [-0.3, -0.25) is 0 Å². The van der Waals surface area contributed by atoms with E-state index < -0.39 is 0 Å². The van der Waals surface area contributed by atoms with E-state index >= 15 is 0 Å². The van der Waals surface area contributed by atoms with Gasteiger partial charge in [-0.25, -0.2) is 0 Å². The van der Waals surface area contributed by atoms with E-state index in [0.717, 1.165) is 24.5 Å². The Balaban J connectivity index is 0.00000144. The fraction of sp³-hybridized carbons (Fsp3) is 0.143. The third-order valence-electron chi connectivity index (χ3n) is 2.33. The summed E-state index contributed by atoms with van der Waals surface area (Å²) in [6.45, 7) is 1.83. The average molecular weight is 235 g/mol. The molecule has 0 aliphatic heterocycles. The zero-order chi connectivity index (χ0) is 11.1. The van der Waals surface area contributed by atoms with Gasteiger partial charge < -0.3 is 16.8 Å². The molecule has 4 heteroatoms. The zero-order valence-corrected chi connectivity index (χ0v) is 10.8. The minimum Gasteiger partial charge on any atom is -0.693 e. The molecular formula is C14H18LiN3. The van der Waals surface area contributed by atoms with E-state index in [-0.39, 0.29) is 25.0 Å². The van der Waals surface area contributed by atoms with Crippen LogP contribution in [-0.2, 0) is 0 Å². The molecule has 0 bridgehead atoms. The SMILES string of the molecule is [Li+].[NH2-].c1ccc(NCCNc2ccccc2)cc1. The summed E-state index contributed by atoms with van der Waals surface area (Å²) in [6, 6.07) is 20.5. The Morgan fingerprint density at radius 1 is 0.611 bits per heavy atom. The number of nitrogens with two attached hydrogens (primary N) is 1. The van der Waals surface area contributed by atoms with E-state index in [1.165, 1.54) is 0 Å². The molecule has 0 fully saturated rings. The molecule has 0 aliphatic rings. The van der Waals surface area contributed by atoms with E-state index in [1.807, 2.05) is 36.4 Å². The van der Waals surface area contributed by atoms with Crippen molar-refractivity contribution >= 4 is 11.4 Å². The first-order valence-corrected chi connectivity index (χ1v) is 5.53. The van der Waals surface area contributed by atoms with E-state index in [0.29, 0.717) is 0 Å². The van der Waals surface area contributed by atoms with Crippen molar-refractivity contribution in [2.24, 2.45) is 0 Å². The second-order valence-electron chi connectivity index (χ2n) is 3.59. The van der Waals surface area contributed by atoms with Gasteiger partial charge in [0.15, 0.2) is 0 Å². The molecule has 4 N–H and O–H groups in total. The zero-order valence-electron chi connectivity index (χ0n) is 10.8.